The molecule has 0 aromatic heterocycles. The molecule has 0 aliphatic rings. The number of carbonyl (C=O) groups is 1. The van der Waals surface area contributed by atoms with Crippen molar-refractivity contribution in [1.29, 1.82) is 0 Å². The Bertz CT molecular complexity index is 1300. The number of hydrogen-bond donors (Lipinski definition) is 1. The van der Waals surface area contributed by atoms with Gasteiger partial charge in [0.15, 0.2) is 11.5 Å². The van der Waals surface area contributed by atoms with Crippen LogP contribution in [0.3, 0.4) is 0 Å². The zero-order valence-electron chi connectivity index (χ0n) is 19.8. The highest BCUT2D eigenvalue weighted by Gasteiger charge is 2.06. The summed E-state index contributed by atoms with van der Waals surface area (Å²) in [7, 11) is 1.58. The summed E-state index contributed by atoms with van der Waals surface area (Å²) >= 11 is 5.93. The molecule has 4 rings (SSSR count). The van der Waals surface area contributed by atoms with Crippen LogP contribution in [-0.4, -0.2) is 13.0 Å². The molecule has 36 heavy (non-hydrogen) atoms. The van der Waals surface area contributed by atoms with Crippen molar-refractivity contribution in [3.63, 3.8) is 0 Å². The molecule has 0 atom stereocenters. The van der Waals surface area contributed by atoms with Crippen LogP contribution >= 0.6 is 11.6 Å². The van der Waals surface area contributed by atoms with E-state index >= 15 is 0 Å². The lowest BCUT2D eigenvalue weighted by Gasteiger charge is -2.11. The van der Waals surface area contributed by atoms with Crippen molar-refractivity contribution in [2.24, 2.45) is 0 Å². The third-order valence-corrected chi connectivity index (χ3v) is 5.54. The summed E-state index contributed by atoms with van der Waals surface area (Å²) in [6.07, 6.45) is 3.20. The van der Waals surface area contributed by atoms with Gasteiger partial charge in [-0.25, -0.2) is 0 Å². The molecular formula is C30H26ClNO4. The third-order valence-electron chi connectivity index (χ3n) is 5.29. The van der Waals surface area contributed by atoms with Crippen LogP contribution in [0.4, 0.5) is 5.69 Å². The molecule has 0 unspecified atom stereocenters. The highest BCUT2D eigenvalue weighted by molar-refractivity contribution is 6.30. The minimum absolute atomic E-state index is 0.241. The molecule has 0 saturated carbocycles. The first-order chi connectivity index (χ1) is 17.6. The minimum Gasteiger partial charge on any atom is -0.493 e. The summed E-state index contributed by atoms with van der Waals surface area (Å²) in [6, 6.07) is 30.2. The Labute approximate surface area is 215 Å². The molecule has 182 valence electrons. The number of ether oxygens (including phenoxy) is 3. The summed E-state index contributed by atoms with van der Waals surface area (Å²) < 4.78 is 17.1. The first-order valence-electron chi connectivity index (χ1n) is 11.4. The SMILES string of the molecule is COc1cc(/C=C/C(=O)Nc2ccc(OCc3ccccc3)cc2)ccc1OCc1ccc(Cl)cc1. The Balaban J connectivity index is 1.29. The number of methoxy groups -OCH3 is 1. The van der Waals surface area contributed by atoms with Gasteiger partial charge in [0.25, 0.3) is 0 Å². The van der Waals surface area contributed by atoms with Crippen LogP contribution in [-0.2, 0) is 18.0 Å². The number of carbonyl (C=O) groups excluding carboxylic acids is 1. The molecule has 4 aromatic carbocycles. The van der Waals surface area contributed by atoms with Crippen molar-refractivity contribution < 1.29 is 19.0 Å². The Morgan fingerprint density at radius 3 is 2.22 bits per heavy atom. The maximum Gasteiger partial charge on any atom is 0.248 e. The Morgan fingerprint density at radius 2 is 1.50 bits per heavy atom. The second-order valence-electron chi connectivity index (χ2n) is 7.95. The summed E-state index contributed by atoms with van der Waals surface area (Å²) in [5.41, 5.74) is 3.58. The van der Waals surface area contributed by atoms with Crippen LogP contribution < -0.4 is 19.5 Å². The molecule has 0 aliphatic heterocycles. The van der Waals surface area contributed by atoms with Gasteiger partial charge in [-0.3, -0.25) is 4.79 Å². The molecular weight excluding hydrogens is 474 g/mol. The van der Waals surface area contributed by atoms with Gasteiger partial charge in [-0.1, -0.05) is 60.1 Å². The average Bonchev–Trinajstić information content (AvgIpc) is 2.92. The van der Waals surface area contributed by atoms with Crippen molar-refractivity contribution in [2.45, 2.75) is 13.2 Å². The molecule has 0 spiro atoms. The quantitative estimate of drug-likeness (QED) is 0.235. The maximum atomic E-state index is 12.4. The molecule has 0 saturated heterocycles. The number of rotatable bonds is 10. The van der Waals surface area contributed by atoms with E-state index in [-0.39, 0.29) is 5.91 Å². The predicted molar refractivity (Wildman–Crippen MR) is 144 cm³/mol. The van der Waals surface area contributed by atoms with Crippen molar-refractivity contribution in [3.05, 3.63) is 125 Å². The van der Waals surface area contributed by atoms with Crippen molar-refractivity contribution in [1.82, 2.24) is 0 Å². The molecule has 0 aliphatic carbocycles. The number of nitrogens with one attached hydrogen (secondary N) is 1. The van der Waals surface area contributed by atoms with E-state index in [0.717, 1.165) is 22.4 Å². The van der Waals surface area contributed by atoms with Crippen molar-refractivity contribution >= 4 is 29.3 Å². The van der Waals surface area contributed by atoms with Gasteiger partial charge >= 0.3 is 0 Å². The molecule has 1 amide bonds. The molecule has 4 aromatic rings. The van der Waals surface area contributed by atoms with E-state index in [1.807, 2.05) is 97.1 Å². The minimum atomic E-state index is -0.241. The zero-order valence-corrected chi connectivity index (χ0v) is 20.6. The molecule has 6 heteroatoms. The monoisotopic (exact) mass is 499 g/mol. The van der Waals surface area contributed by atoms with Crippen LogP contribution in [0.25, 0.3) is 6.08 Å². The number of hydrogen-bond acceptors (Lipinski definition) is 4. The predicted octanol–water partition coefficient (Wildman–Crippen LogP) is 7.16. The zero-order chi connectivity index (χ0) is 25.2. The number of benzene rings is 4. The number of halogens is 1. The molecule has 0 fully saturated rings. The van der Waals surface area contributed by atoms with Crippen molar-refractivity contribution in [3.8, 4) is 17.2 Å². The van der Waals surface area contributed by atoms with E-state index in [0.29, 0.717) is 35.4 Å². The first-order valence-corrected chi connectivity index (χ1v) is 11.8. The molecule has 0 heterocycles. The van der Waals surface area contributed by atoms with Gasteiger partial charge in [0.05, 0.1) is 7.11 Å². The summed E-state index contributed by atoms with van der Waals surface area (Å²) in [5, 5.41) is 3.53. The molecule has 5 nitrogen and oxygen atoms in total. The van der Waals surface area contributed by atoms with Crippen LogP contribution in [0.5, 0.6) is 17.2 Å². The molecule has 1 N–H and O–H groups in total. The lowest BCUT2D eigenvalue weighted by Crippen LogP contribution is -2.07. The fourth-order valence-corrected chi connectivity index (χ4v) is 3.51. The second kappa shape index (κ2) is 12.5. The fourth-order valence-electron chi connectivity index (χ4n) is 3.38. The topological polar surface area (TPSA) is 56.8 Å². The van der Waals surface area contributed by atoms with E-state index in [4.69, 9.17) is 25.8 Å². The highest BCUT2D eigenvalue weighted by Crippen LogP contribution is 2.29. The number of anilines is 1. The normalized spacial score (nSPS) is 10.7. The van der Waals surface area contributed by atoms with E-state index in [1.54, 1.807) is 13.2 Å². The molecule has 0 radical (unpaired) electrons. The van der Waals surface area contributed by atoms with Gasteiger partial charge < -0.3 is 19.5 Å². The maximum absolute atomic E-state index is 12.4. The molecule has 0 bridgehead atoms. The smallest absolute Gasteiger partial charge is 0.248 e. The van der Waals surface area contributed by atoms with Crippen molar-refractivity contribution in [2.75, 3.05) is 12.4 Å². The fraction of sp³-hybridized carbons (Fsp3) is 0.100. The summed E-state index contributed by atoms with van der Waals surface area (Å²) in [4.78, 5) is 12.4. The number of amides is 1. The lowest BCUT2D eigenvalue weighted by atomic mass is 10.2. The first kappa shape index (κ1) is 24.9. The Hall–Kier alpha value is -4.22. The van der Waals surface area contributed by atoms with Gasteiger partial charge in [0, 0.05) is 16.8 Å². The lowest BCUT2D eigenvalue weighted by molar-refractivity contribution is -0.111. The largest absolute Gasteiger partial charge is 0.493 e. The van der Waals surface area contributed by atoms with Gasteiger partial charge in [-0.2, -0.15) is 0 Å². The van der Waals surface area contributed by atoms with E-state index in [2.05, 4.69) is 5.32 Å². The Morgan fingerprint density at radius 1 is 0.806 bits per heavy atom. The standard InChI is InChI=1S/C30H26ClNO4/c1-34-29-19-22(9-17-28(29)36-21-24-7-11-25(31)12-8-24)10-18-30(33)32-26-13-15-27(16-14-26)35-20-23-5-3-2-4-6-23/h2-19H,20-21H2,1H3,(H,32,33)/b18-10+. The van der Waals surface area contributed by atoms with Gasteiger partial charge in [-0.15, -0.1) is 0 Å². The van der Waals surface area contributed by atoms with Gasteiger partial charge in [0.2, 0.25) is 5.91 Å². The highest BCUT2D eigenvalue weighted by atomic mass is 35.5. The average molecular weight is 500 g/mol. The Kier molecular flexibility index (Phi) is 8.62. The van der Waals surface area contributed by atoms with E-state index in [9.17, 15) is 4.79 Å². The van der Waals surface area contributed by atoms with Crippen LogP contribution in [0, 0.1) is 0 Å². The van der Waals surface area contributed by atoms with Crippen LogP contribution in [0.1, 0.15) is 16.7 Å². The van der Waals surface area contributed by atoms with E-state index < -0.39 is 0 Å². The van der Waals surface area contributed by atoms with Gasteiger partial charge in [0.1, 0.15) is 19.0 Å². The van der Waals surface area contributed by atoms with Gasteiger partial charge in [-0.05, 0) is 71.3 Å². The second-order valence-corrected chi connectivity index (χ2v) is 8.38. The van der Waals surface area contributed by atoms with Crippen LogP contribution in [0.15, 0.2) is 103 Å². The third kappa shape index (κ3) is 7.39. The van der Waals surface area contributed by atoms with E-state index in [1.165, 1.54) is 6.08 Å². The summed E-state index contributed by atoms with van der Waals surface area (Å²) in [5.74, 6) is 1.69. The van der Waals surface area contributed by atoms with Crippen LogP contribution in [0.2, 0.25) is 5.02 Å². The summed E-state index contributed by atoms with van der Waals surface area (Å²) in [6.45, 7) is 0.880.